The van der Waals surface area contributed by atoms with E-state index in [0.29, 0.717) is 11.3 Å². The number of rotatable bonds is 3. The molecular weight excluding hydrogens is 338 g/mol. The molecule has 0 aromatic heterocycles. The Morgan fingerprint density at radius 1 is 1.33 bits per heavy atom. The molecule has 0 aliphatic carbocycles. The summed E-state index contributed by atoms with van der Waals surface area (Å²) in [5.74, 6) is -0.125. The van der Waals surface area contributed by atoms with E-state index in [1.807, 2.05) is 6.07 Å². The van der Waals surface area contributed by atoms with Crippen molar-refractivity contribution in [1.82, 2.24) is 0 Å². The number of phenols is 1. The predicted molar refractivity (Wildman–Crippen MR) is 80.9 cm³/mol. The average Bonchev–Trinajstić information content (AvgIpc) is 2.47. The van der Waals surface area contributed by atoms with E-state index in [1.54, 1.807) is 18.2 Å². The van der Waals surface area contributed by atoms with Gasteiger partial charge in [0, 0.05) is 28.4 Å². The Morgan fingerprint density at radius 2 is 2.10 bits per heavy atom. The van der Waals surface area contributed by atoms with Crippen LogP contribution in [0.3, 0.4) is 0 Å². The van der Waals surface area contributed by atoms with Gasteiger partial charge in [0.25, 0.3) is 5.69 Å². The summed E-state index contributed by atoms with van der Waals surface area (Å²) in [5.41, 5.74) is 0.818. The molecule has 6 nitrogen and oxygen atoms in total. The highest BCUT2D eigenvalue weighted by atomic mass is 79.9. The van der Waals surface area contributed by atoms with Crippen LogP contribution in [0.4, 0.5) is 11.4 Å². The molecule has 0 bridgehead atoms. The van der Waals surface area contributed by atoms with Gasteiger partial charge in [-0.1, -0.05) is 15.9 Å². The van der Waals surface area contributed by atoms with Gasteiger partial charge in [-0.2, -0.15) is 5.26 Å². The summed E-state index contributed by atoms with van der Waals surface area (Å²) in [6, 6.07) is 10.6. The second-order valence-electron chi connectivity index (χ2n) is 4.03. The largest absolute Gasteiger partial charge is 0.507 e. The summed E-state index contributed by atoms with van der Waals surface area (Å²) in [6.45, 7) is 0. The van der Waals surface area contributed by atoms with Crippen molar-refractivity contribution in [2.75, 3.05) is 0 Å². The number of nitriles is 1. The molecule has 0 fully saturated rings. The average molecular weight is 346 g/mol. The molecular formula is C14H8BrN3O3. The van der Waals surface area contributed by atoms with Gasteiger partial charge in [0.05, 0.1) is 16.2 Å². The van der Waals surface area contributed by atoms with Crippen LogP contribution >= 0.6 is 15.9 Å². The zero-order valence-electron chi connectivity index (χ0n) is 10.5. The fourth-order valence-electron chi connectivity index (χ4n) is 1.61. The van der Waals surface area contributed by atoms with Crippen LogP contribution in [0.1, 0.15) is 11.1 Å². The van der Waals surface area contributed by atoms with Crippen LogP contribution in [0.2, 0.25) is 0 Å². The van der Waals surface area contributed by atoms with E-state index in [0.717, 1.165) is 4.47 Å². The number of halogens is 1. The monoisotopic (exact) mass is 345 g/mol. The minimum absolute atomic E-state index is 0.125. The first-order valence-electron chi connectivity index (χ1n) is 5.72. The zero-order chi connectivity index (χ0) is 15.4. The van der Waals surface area contributed by atoms with Crippen molar-refractivity contribution in [3.8, 4) is 11.8 Å². The van der Waals surface area contributed by atoms with Crippen LogP contribution in [0.25, 0.3) is 0 Å². The highest BCUT2D eigenvalue weighted by molar-refractivity contribution is 9.10. The highest BCUT2D eigenvalue weighted by Crippen LogP contribution is 2.25. The summed E-state index contributed by atoms with van der Waals surface area (Å²) in [7, 11) is 0. The Balaban J connectivity index is 2.40. The standard InChI is InChI=1S/C14H8BrN3O3/c15-11-1-3-13(9(5-11)7-16)17-8-10-6-12(18(20)21)2-4-14(10)19/h1-6,8,19H. The number of hydrogen-bond acceptors (Lipinski definition) is 5. The number of nitro benzene ring substituents is 1. The van der Waals surface area contributed by atoms with Crippen molar-refractivity contribution in [1.29, 1.82) is 5.26 Å². The summed E-state index contributed by atoms with van der Waals surface area (Å²) >= 11 is 3.25. The number of hydrogen-bond donors (Lipinski definition) is 1. The SMILES string of the molecule is N#Cc1cc(Br)ccc1N=Cc1cc([N+](=O)[O-])ccc1O. The van der Waals surface area contributed by atoms with Gasteiger partial charge in [0.2, 0.25) is 0 Å². The normalized spacial score (nSPS) is 10.5. The lowest BCUT2D eigenvalue weighted by molar-refractivity contribution is -0.384. The first-order valence-corrected chi connectivity index (χ1v) is 6.51. The molecule has 0 aliphatic heterocycles. The summed E-state index contributed by atoms with van der Waals surface area (Å²) < 4.78 is 0.746. The van der Waals surface area contributed by atoms with E-state index < -0.39 is 4.92 Å². The van der Waals surface area contributed by atoms with E-state index in [2.05, 4.69) is 20.9 Å². The Hall–Kier alpha value is -2.72. The van der Waals surface area contributed by atoms with Crippen molar-refractivity contribution in [2.24, 2.45) is 4.99 Å². The second kappa shape index (κ2) is 6.15. The Morgan fingerprint density at radius 3 is 2.76 bits per heavy atom. The first-order chi connectivity index (χ1) is 10.0. The van der Waals surface area contributed by atoms with Crippen LogP contribution in [-0.4, -0.2) is 16.2 Å². The number of aromatic hydroxyl groups is 1. The first kappa shape index (κ1) is 14.7. The molecule has 0 saturated heterocycles. The zero-order valence-corrected chi connectivity index (χ0v) is 12.1. The molecule has 0 aliphatic rings. The van der Waals surface area contributed by atoms with E-state index in [1.165, 1.54) is 24.4 Å². The Labute approximate surface area is 128 Å². The van der Waals surface area contributed by atoms with E-state index in [9.17, 15) is 15.2 Å². The summed E-state index contributed by atoms with van der Waals surface area (Å²) in [6.07, 6.45) is 1.28. The molecule has 104 valence electrons. The number of benzene rings is 2. The third kappa shape index (κ3) is 3.43. The highest BCUT2D eigenvalue weighted by Gasteiger charge is 2.09. The van der Waals surface area contributed by atoms with Gasteiger partial charge in [-0.15, -0.1) is 0 Å². The molecule has 0 amide bonds. The molecule has 0 spiro atoms. The fraction of sp³-hybridized carbons (Fsp3) is 0. The minimum atomic E-state index is -0.558. The molecule has 2 rings (SSSR count). The molecule has 21 heavy (non-hydrogen) atoms. The molecule has 7 heteroatoms. The van der Waals surface area contributed by atoms with Gasteiger partial charge in [-0.05, 0) is 24.3 Å². The third-order valence-corrected chi connectivity index (χ3v) is 3.14. The molecule has 2 aromatic rings. The molecule has 1 N–H and O–H groups in total. The molecule has 0 atom stereocenters. The third-order valence-electron chi connectivity index (χ3n) is 2.64. The van der Waals surface area contributed by atoms with Gasteiger partial charge in [-0.25, -0.2) is 0 Å². The predicted octanol–water partition coefficient (Wildman–Crippen LogP) is 3.69. The van der Waals surface area contributed by atoms with E-state index >= 15 is 0 Å². The van der Waals surface area contributed by atoms with Gasteiger partial charge < -0.3 is 5.11 Å². The smallest absolute Gasteiger partial charge is 0.270 e. The fourth-order valence-corrected chi connectivity index (χ4v) is 1.97. The Kier molecular flexibility index (Phi) is 4.30. The van der Waals surface area contributed by atoms with Crippen molar-refractivity contribution in [3.05, 3.63) is 62.1 Å². The lowest BCUT2D eigenvalue weighted by Gasteiger charge is -2.00. The maximum Gasteiger partial charge on any atom is 0.270 e. The summed E-state index contributed by atoms with van der Waals surface area (Å²) in [4.78, 5) is 14.2. The van der Waals surface area contributed by atoms with Gasteiger partial charge in [0.15, 0.2) is 0 Å². The van der Waals surface area contributed by atoms with Crippen molar-refractivity contribution in [2.45, 2.75) is 0 Å². The van der Waals surface area contributed by atoms with E-state index in [4.69, 9.17) is 5.26 Å². The van der Waals surface area contributed by atoms with Gasteiger partial charge in [-0.3, -0.25) is 15.1 Å². The summed E-state index contributed by atoms with van der Waals surface area (Å²) in [5, 5.41) is 29.4. The van der Waals surface area contributed by atoms with Crippen LogP contribution in [0.5, 0.6) is 5.75 Å². The molecule has 0 saturated carbocycles. The molecule has 0 unspecified atom stereocenters. The molecule has 0 heterocycles. The quantitative estimate of drug-likeness (QED) is 0.520. The lowest BCUT2D eigenvalue weighted by Crippen LogP contribution is -1.90. The van der Waals surface area contributed by atoms with Crippen LogP contribution in [0, 0.1) is 21.4 Å². The van der Waals surface area contributed by atoms with Gasteiger partial charge in [0.1, 0.15) is 11.8 Å². The maximum atomic E-state index is 10.7. The van der Waals surface area contributed by atoms with Crippen molar-refractivity contribution < 1.29 is 10.0 Å². The second-order valence-corrected chi connectivity index (χ2v) is 4.95. The van der Waals surface area contributed by atoms with E-state index in [-0.39, 0.29) is 17.0 Å². The molecule has 0 radical (unpaired) electrons. The number of aliphatic imine (C=N–C) groups is 1. The number of nitro groups is 1. The van der Waals surface area contributed by atoms with Crippen molar-refractivity contribution >= 4 is 33.5 Å². The lowest BCUT2D eigenvalue weighted by atomic mass is 10.2. The molecule has 2 aromatic carbocycles. The van der Waals surface area contributed by atoms with Gasteiger partial charge >= 0.3 is 0 Å². The number of nitrogens with zero attached hydrogens (tertiary/aromatic N) is 3. The Bertz CT molecular complexity index is 782. The van der Waals surface area contributed by atoms with Crippen LogP contribution < -0.4 is 0 Å². The van der Waals surface area contributed by atoms with Crippen molar-refractivity contribution in [3.63, 3.8) is 0 Å². The van der Waals surface area contributed by atoms with Crippen LogP contribution in [-0.2, 0) is 0 Å². The number of phenolic OH excluding ortho intramolecular Hbond substituents is 1. The number of non-ortho nitro benzene ring substituents is 1. The minimum Gasteiger partial charge on any atom is -0.507 e. The maximum absolute atomic E-state index is 10.7. The van der Waals surface area contributed by atoms with Crippen LogP contribution in [0.15, 0.2) is 45.9 Å². The topological polar surface area (TPSA) is 99.5 Å².